The normalized spacial score (nSPS) is 21.8. The molecule has 0 amide bonds. The lowest BCUT2D eigenvalue weighted by Crippen LogP contribution is -2.36. The number of likely N-dealkylation sites (tertiary alicyclic amines) is 1. The third-order valence-corrected chi connectivity index (χ3v) is 4.21. The Bertz CT molecular complexity index is 450. The number of halogens is 1. The Morgan fingerprint density at radius 2 is 2.19 bits per heavy atom. The first-order valence-corrected chi connectivity index (χ1v) is 7.84. The van der Waals surface area contributed by atoms with Crippen molar-refractivity contribution < 1.29 is 14.2 Å². The van der Waals surface area contributed by atoms with Gasteiger partial charge in [0.15, 0.2) is 11.6 Å². The molecule has 0 aliphatic carbocycles. The molecule has 1 aliphatic rings. The second-order valence-corrected chi connectivity index (χ2v) is 6.03. The van der Waals surface area contributed by atoms with Crippen LogP contribution in [0.3, 0.4) is 0 Å². The average Bonchev–Trinajstić information content (AvgIpc) is 2.64. The molecule has 1 aromatic rings. The lowest BCUT2D eigenvalue weighted by atomic mass is 10.0. The first-order valence-electron chi connectivity index (χ1n) is 7.84. The topological polar surface area (TPSA) is 32.7 Å². The largest absolute Gasteiger partial charge is 0.494 e. The van der Waals surface area contributed by atoms with Gasteiger partial charge in [-0.2, -0.15) is 0 Å². The molecule has 2 unspecified atom stereocenters. The summed E-state index contributed by atoms with van der Waals surface area (Å²) in [6.07, 6.45) is 5.24. The first-order chi connectivity index (χ1) is 10.1. The Labute approximate surface area is 126 Å². The second kappa shape index (κ2) is 7.76. The van der Waals surface area contributed by atoms with Crippen molar-refractivity contribution in [3.8, 4) is 5.75 Å². The number of hydrogen-bond donors (Lipinski definition) is 1. The molecule has 1 aliphatic heterocycles. The van der Waals surface area contributed by atoms with Crippen LogP contribution >= 0.6 is 0 Å². The molecule has 0 bridgehead atoms. The number of methoxy groups -OCH3 is 1. The summed E-state index contributed by atoms with van der Waals surface area (Å²) in [5, 5.41) is 9.69. The van der Waals surface area contributed by atoms with Crippen molar-refractivity contribution in [1.29, 1.82) is 0 Å². The highest BCUT2D eigenvalue weighted by Gasteiger charge is 2.22. The maximum absolute atomic E-state index is 13.8. The van der Waals surface area contributed by atoms with Crippen LogP contribution in [0.2, 0.25) is 0 Å². The van der Waals surface area contributed by atoms with Crippen molar-refractivity contribution >= 4 is 0 Å². The molecule has 1 aromatic carbocycles. The Balaban J connectivity index is 2.08. The molecule has 1 N–H and O–H groups in total. The van der Waals surface area contributed by atoms with Gasteiger partial charge in [0.25, 0.3) is 0 Å². The Morgan fingerprint density at radius 3 is 2.86 bits per heavy atom. The monoisotopic (exact) mass is 295 g/mol. The summed E-state index contributed by atoms with van der Waals surface area (Å²) >= 11 is 0. The number of ether oxygens (including phenoxy) is 1. The van der Waals surface area contributed by atoms with Crippen LogP contribution in [0.5, 0.6) is 5.75 Å². The van der Waals surface area contributed by atoms with Crippen molar-refractivity contribution in [2.24, 2.45) is 0 Å². The molecule has 2 rings (SSSR count). The van der Waals surface area contributed by atoms with Crippen LogP contribution in [-0.4, -0.2) is 35.8 Å². The van der Waals surface area contributed by atoms with E-state index < -0.39 is 0 Å². The van der Waals surface area contributed by atoms with Gasteiger partial charge in [0.2, 0.25) is 0 Å². The van der Waals surface area contributed by atoms with Crippen molar-refractivity contribution in [1.82, 2.24) is 4.90 Å². The van der Waals surface area contributed by atoms with Crippen LogP contribution in [0.1, 0.15) is 44.6 Å². The van der Waals surface area contributed by atoms with E-state index in [1.54, 1.807) is 12.1 Å². The summed E-state index contributed by atoms with van der Waals surface area (Å²) in [5.74, 6) is -0.0213. The van der Waals surface area contributed by atoms with E-state index >= 15 is 0 Å². The van der Waals surface area contributed by atoms with Gasteiger partial charge in [-0.25, -0.2) is 4.39 Å². The third-order valence-electron chi connectivity index (χ3n) is 4.21. The molecule has 0 spiro atoms. The van der Waals surface area contributed by atoms with Crippen molar-refractivity contribution in [3.63, 3.8) is 0 Å². The fourth-order valence-corrected chi connectivity index (χ4v) is 3.15. The maximum atomic E-state index is 13.8. The van der Waals surface area contributed by atoms with E-state index in [2.05, 4.69) is 4.90 Å². The van der Waals surface area contributed by atoms with Crippen LogP contribution in [-0.2, 0) is 6.54 Å². The zero-order valence-corrected chi connectivity index (χ0v) is 13.0. The summed E-state index contributed by atoms with van der Waals surface area (Å²) in [5.41, 5.74) is 0.964. The van der Waals surface area contributed by atoms with E-state index in [4.69, 9.17) is 4.74 Å². The number of benzene rings is 1. The number of aliphatic hydroxyl groups is 1. The van der Waals surface area contributed by atoms with Gasteiger partial charge < -0.3 is 9.84 Å². The minimum Gasteiger partial charge on any atom is -0.494 e. The van der Waals surface area contributed by atoms with Gasteiger partial charge in [0.05, 0.1) is 13.2 Å². The van der Waals surface area contributed by atoms with Crippen LogP contribution in [0.15, 0.2) is 18.2 Å². The molecule has 3 nitrogen and oxygen atoms in total. The second-order valence-electron chi connectivity index (χ2n) is 6.03. The smallest absolute Gasteiger partial charge is 0.165 e. The predicted molar refractivity (Wildman–Crippen MR) is 81.9 cm³/mol. The lowest BCUT2D eigenvalue weighted by Gasteiger charge is -2.31. The number of hydrogen-bond acceptors (Lipinski definition) is 3. The lowest BCUT2D eigenvalue weighted by molar-refractivity contribution is 0.108. The fourth-order valence-electron chi connectivity index (χ4n) is 3.15. The van der Waals surface area contributed by atoms with Gasteiger partial charge in [0.1, 0.15) is 0 Å². The number of nitrogens with zero attached hydrogens (tertiary/aromatic N) is 1. The molecule has 1 fully saturated rings. The van der Waals surface area contributed by atoms with E-state index in [0.717, 1.165) is 31.5 Å². The molecular weight excluding hydrogens is 269 g/mol. The summed E-state index contributed by atoms with van der Waals surface area (Å²) in [6.45, 7) is 3.60. The molecule has 2 atom stereocenters. The molecule has 21 heavy (non-hydrogen) atoms. The maximum Gasteiger partial charge on any atom is 0.165 e. The quantitative estimate of drug-likeness (QED) is 0.904. The van der Waals surface area contributed by atoms with Gasteiger partial charge in [-0.15, -0.1) is 0 Å². The van der Waals surface area contributed by atoms with Crippen LogP contribution in [0.4, 0.5) is 4.39 Å². The highest BCUT2D eigenvalue weighted by Crippen LogP contribution is 2.24. The van der Waals surface area contributed by atoms with E-state index in [0.29, 0.717) is 6.04 Å². The van der Waals surface area contributed by atoms with Crippen LogP contribution in [0.25, 0.3) is 0 Å². The summed E-state index contributed by atoms with van der Waals surface area (Å²) in [6, 6.07) is 5.55. The molecule has 0 saturated carbocycles. The Hall–Kier alpha value is -1.13. The third kappa shape index (κ3) is 4.68. The van der Waals surface area contributed by atoms with E-state index in [1.807, 2.05) is 13.0 Å². The van der Waals surface area contributed by atoms with Crippen LogP contribution in [0, 0.1) is 5.82 Å². The Kier molecular flexibility index (Phi) is 6.00. The minimum absolute atomic E-state index is 0.287. The highest BCUT2D eigenvalue weighted by molar-refractivity contribution is 5.29. The summed E-state index contributed by atoms with van der Waals surface area (Å²) in [7, 11) is 1.48. The average molecular weight is 295 g/mol. The predicted octanol–water partition coefficient (Wildman–Crippen LogP) is 3.35. The van der Waals surface area contributed by atoms with Gasteiger partial charge in [-0.1, -0.05) is 18.9 Å². The SMILES string of the molecule is COc1ccc(CN2CCCCCC2CC(C)O)cc1F. The van der Waals surface area contributed by atoms with Gasteiger partial charge in [-0.3, -0.25) is 4.90 Å². The minimum atomic E-state index is -0.308. The van der Waals surface area contributed by atoms with E-state index in [9.17, 15) is 9.50 Å². The molecular formula is C17H26FNO2. The molecule has 0 radical (unpaired) electrons. The summed E-state index contributed by atoms with van der Waals surface area (Å²) in [4.78, 5) is 2.39. The van der Waals surface area contributed by atoms with Gasteiger partial charge in [-0.05, 0) is 50.4 Å². The number of aliphatic hydroxyl groups excluding tert-OH is 1. The summed E-state index contributed by atoms with van der Waals surface area (Å²) < 4.78 is 18.8. The van der Waals surface area contributed by atoms with Gasteiger partial charge in [0, 0.05) is 12.6 Å². The van der Waals surface area contributed by atoms with E-state index in [1.165, 1.54) is 26.4 Å². The Morgan fingerprint density at radius 1 is 1.38 bits per heavy atom. The molecule has 0 aromatic heterocycles. The first kappa shape index (κ1) is 16.2. The molecule has 1 heterocycles. The van der Waals surface area contributed by atoms with Crippen molar-refractivity contribution in [2.75, 3.05) is 13.7 Å². The zero-order valence-electron chi connectivity index (χ0n) is 13.0. The van der Waals surface area contributed by atoms with Crippen LogP contribution < -0.4 is 4.74 Å². The molecule has 1 saturated heterocycles. The zero-order chi connectivity index (χ0) is 15.2. The molecule has 4 heteroatoms. The van der Waals surface area contributed by atoms with E-state index in [-0.39, 0.29) is 17.7 Å². The molecule has 118 valence electrons. The van der Waals surface area contributed by atoms with Crippen molar-refractivity contribution in [3.05, 3.63) is 29.6 Å². The highest BCUT2D eigenvalue weighted by atomic mass is 19.1. The van der Waals surface area contributed by atoms with Crippen molar-refractivity contribution in [2.45, 2.75) is 57.7 Å². The number of rotatable bonds is 5. The van der Waals surface area contributed by atoms with Gasteiger partial charge >= 0.3 is 0 Å². The fraction of sp³-hybridized carbons (Fsp3) is 0.647. The standard InChI is InChI=1S/C17H26FNO2/c1-13(20)10-15-6-4-3-5-9-19(15)12-14-7-8-17(21-2)16(18)11-14/h7-8,11,13,15,20H,3-6,9-10,12H2,1-2H3.